The maximum Gasteiger partial charge on any atom is 0.260 e. The van der Waals surface area contributed by atoms with Gasteiger partial charge in [0, 0.05) is 32.0 Å². The molecule has 0 bridgehead atoms. The molecule has 0 atom stereocenters. The van der Waals surface area contributed by atoms with E-state index in [9.17, 15) is 9.18 Å². The van der Waals surface area contributed by atoms with Gasteiger partial charge in [0.05, 0.1) is 0 Å². The van der Waals surface area contributed by atoms with E-state index in [4.69, 9.17) is 0 Å². The summed E-state index contributed by atoms with van der Waals surface area (Å²) in [5, 5.41) is 0. The van der Waals surface area contributed by atoms with Crippen molar-refractivity contribution in [3.63, 3.8) is 0 Å². The summed E-state index contributed by atoms with van der Waals surface area (Å²) < 4.78 is 14.4. The molecular formula is C20H28FN3O. The number of pyridine rings is 1. The number of halogens is 1. The quantitative estimate of drug-likeness (QED) is 0.844. The molecule has 2 saturated heterocycles. The molecule has 25 heavy (non-hydrogen) atoms. The molecule has 5 heteroatoms. The van der Waals surface area contributed by atoms with Crippen molar-refractivity contribution < 1.29 is 9.18 Å². The molecule has 1 amide bonds. The highest BCUT2D eigenvalue weighted by Crippen LogP contribution is 2.43. The van der Waals surface area contributed by atoms with Crippen LogP contribution in [0.15, 0.2) is 24.5 Å². The lowest BCUT2D eigenvalue weighted by Crippen LogP contribution is -2.54. The number of likely N-dealkylation sites (tertiary alicyclic amines) is 2. The minimum atomic E-state index is -1.53. The van der Waals surface area contributed by atoms with Gasteiger partial charge in [-0.15, -0.1) is 0 Å². The van der Waals surface area contributed by atoms with Crippen molar-refractivity contribution in [2.24, 2.45) is 5.41 Å². The van der Waals surface area contributed by atoms with E-state index in [0.29, 0.717) is 18.3 Å². The standard InChI is InChI=1S/C20H28FN3O/c21-20(4-2-5-20)18(25)24-13-8-19(9-14-24)6-11-23(12-7-19)16-17-3-1-10-22-15-17/h1,3,10,15H,2,4-9,11-14,16H2. The fraction of sp³-hybridized carbons (Fsp3) is 0.700. The summed E-state index contributed by atoms with van der Waals surface area (Å²) in [6.07, 6.45) is 9.92. The zero-order valence-electron chi connectivity index (χ0n) is 14.9. The van der Waals surface area contributed by atoms with Crippen molar-refractivity contribution in [1.29, 1.82) is 0 Å². The Morgan fingerprint density at radius 2 is 1.76 bits per heavy atom. The van der Waals surface area contributed by atoms with Crippen LogP contribution in [-0.2, 0) is 11.3 Å². The smallest absolute Gasteiger partial charge is 0.260 e. The van der Waals surface area contributed by atoms with Crippen LogP contribution in [0.3, 0.4) is 0 Å². The van der Waals surface area contributed by atoms with E-state index in [0.717, 1.165) is 52.0 Å². The SMILES string of the molecule is O=C(N1CCC2(CCN(Cc3cccnc3)CC2)CC1)C1(F)CCC1. The van der Waals surface area contributed by atoms with E-state index < -0.39 is 5.67 Å². The van der Waals surface area contributed by atoms with Crippen molar-refractivity contribution in [2.45, 2.75) is 57.2 Å². The number of hydrogen-bond donors (Lipinski definition) is 0. The molecule has 0 N–H and O–H groups in total. The maximum absolute atomic E-state index is 14.4. The Labute approximate surface area is 149 Å². The zero-order valence-corrected chi connectivity index (χ0v) is 14.9. The number of hydrogen-bond acceptors (Lipinski definition) is 3. The minimum Gasteiger partial charge on any atom is -0.340 e. The van der Waals surface area contributed by atoms with E-state index in [2.05, 4.69) is 16.0 Å². The number of alkyl halides is 1. The summed E-state index contributed by atoms with van der Waals surface area (Å²) in [6.45, 7) is 4.67. The van der Waals surface area contributed by atoms with Gasteiger partial charge >= 0.3 is 0 Å². The van der Waals surface area contributed by atoms with Crippen LogP contribution in [0.5, 0.6) is 0 Å². The predicted octanol–water partition coefficient (Wildman–Crippen LogP) is 3.18. The van der Waals surface area contributed by atoms with Gasteiger partial charge in [-0.05, 0) is 75.1 Å². The van der Waals surface area contributed by atoms with Crippen LogP contribution < -0.4 is 0 Å². The molecule has 1 aromatic heterocycles. The summed E-state index contributed by atoms with van der Waals surface area (Å²) in [5.41, 5.74) is 0.107. The van der Waals surface area contributed by atoms with Crippen molar-refractivity contribution >= 4 is 5.91 Å². The Hall–Kier alpha value is -1.49. The number of aromatic nitrogens is 1. The predicted molar refractivity (Wildman–Crippen MR) is 94.7 cm³/mol. The average molecular weight is 345 g/mol. The Bertz CT molecular complexity index is 599. The first kappa shape index (κ1) is 17.0. The van der Waals surface area contributed by atoms with Crippen LogP contribution in [0, 0.1) is 5.41 Å². The van der Waals surface area contributed by atoms with Crippen molar-refractivity contribution in [2.75, 3.05) is 26.2 Å². The molecule has 1 spiro atoms. The Balaban J connectivity index is 1.27. The van der Waals surface area contributed by atoms with Crippen molar-refractivity contribution in [3.05, 3.63) is 30.1 Å². The van der Waals surface area contributed by atoms with Gasteiger partial charge in [-0.3, -0.25) is 14.7 Å². The van der Waals surface area contributed by atoms with Gasteiger partial charge in [0.2, 0.25) is 0 Å². The van der Waals surface area contributed by atoms with Crippen LogP contribution in [0.25, 0.3) is 0 Å². The summed E-state index contributed by atoms with van der Waals surface area (Å²) in [7, 11) is 0. The molecule has 136 valence electrons. The van der Waals surface area contributed by atoms with Gasteiger partial charge < -0.3 is 4.90 Å². The Morgan fingerprint density at radius 3 is 2.32 bits per heavy atom. The van der Waals surface area contributed by atoms with E-state index in [1.165, 1.54) is 18.4 Å². The fourth-order valence-corrected chi connectivity index (χ4v) is 4.60. The van der Waals surface area contributed by atoms with Crippen LogP contribution in [-0.4, -0.2) is 52.5 Å². The molecule has 4 rings (SSSR count). The van der Waals surface area contributed by atoms with Crippen molar-refractivity contribution in [1.82, 2.24) is 14.8 Å². The molecular weight excluding hydrogens is 317 g/mol. The van der Waals surface area contributed by atoms with E-state index in [-0.39, 0.29) is 5.91 Å². The molecule has 3 aliphatic rings. The summed E-state index contributed by atoms with van der Waals surface area (Å²) in [6, 6.07) is 4.13. The van der Waals surface area contributed by atoms with Gasteiger partial charge in [-0.25, -0.2) is 4.39 Å². The Kier molecular flexibility index (Phi) is 4.52. The zero-order chi connectivity index (χ0) is 17.3. The van der Waals surface area contributed by atoms with E-state index >= 15 is 0 Å². The second-order valence-electron chi connectivity index (χ2n) is 8.25. The van der Waals surface area contributed by atoms with E-state index in [1.54, 1.807) is 4.90 Å². The molecule has 0 unspecified atom stereocenters. The normalized spacial score (nSPS) is 25.6. The third-order valence-electron chi connectivity index (χ3n) is 6.69. The monoisotopic (exact) mass is 345 g/mol. The second-order valence-corrected chi connectivity index (χ2v) is 8.25. The van der Waals surface area contributed by atoms with Crippen LogP contribution >= 0.6 is 0 Å². The van der Waals surface area contributed by atoms with Gasteiger partial charge in [-0.1, -0.05) is 6.07 Å². The van der Waals surface area contributed by atoms with Crippen LogP contribution in [0.2, 0.25) is 0 Å². The highest BCUT2D eigenvalue weighted by Gasteiger charge is 2.48. The lowest BCUT2D eigenvalue weighted by Gasteiger charge is -2.48. The third kappa shape index (κ3) is 3.43. The molecule has 1 aliphatic carbocycles. The third-order valence-corrected chi connectivity index (χ3v) is 6.69. The highest BCUT2D eigenvalue weighted by molar-refractivity contribution is 5.86. The van der Waals surface area contributed by atoms with E-state index in [1.807, 2.05) is 18.5 Å². The number of nitrogens with zero attached hydrogens (tertiary/aromatic N) is 3. The topological polar surface area (TPSA) is 36.4 Å². The number of piperidine rings is 2. The molecule has 1 saturated carbocycles. The minimum absolute atomic E-state index is 0.234. The first-order chi connectivity index (χ1) is 12.1. The van der Waals surface area contributed by atoms with Crippen LogP contribution in [0.1, 0.15) is 50.5 Å². The number of amides is 1. The largest absolute Gasteiger partial charge is 0.340 e. The number of carbonyl (C=O) groups is 1. The molecule has 0 aromatic carbocycles. The number of carbonyl (C=O) groups excluding carboxylic acids is 1. The van der Waals surface area contributed by atoms with Gasteiger partial charge in [0.15, 0.2) is 5.67 Å². The number of rotatable bonds is 3. The lowest BCUT2D eigenvalue weighted by atomic mass is 9.70. The molecule has 3 fully saturated rings. The van der Waals surface area contributed by atoms with Gasteiger partial charge in [0.1, 0.15) is 0 Å². The first-order valence-electron chi connectivity index (χ1n) is 9.68. The first-order valence-corrected chi connectivity index (χ1v) is 9.68. The summed E-state index contributed by atoms with van der Waals surface area (Å²) in [4.78, 5) is 20.9. The fourth-order valence-electron chi connectivity index (χ4n) is 4.60. The summed E-state index contributed by atoms with van der Waals surface area (Å²) >= 11 is 0. The van der Waals surface area contributed by atoms with Crippen LogP contribution in [0.4, 0.5) is 4.39 Å². The molecule has 3 heterocycles. The van der Waals surface area contributed by atoms with Crippen molar-refractivity contribution in [3.8, 4) is 0 Å². The Morgan fingerprint density at radius 1 is 1.08 bits per heavy atom. The molecule has 4 nitrogen and oxygen atoms in total. The second kappa shape index (κ2) is 6.67. The lowest BCUT2D eigenvalue weighted by molar-refractivity contribution is -0.152. The molecule has 1 aromatic rings. The molecule has 2 aliphatic heterocycles. The maximum atomic E-state index is 14.4. The average Bonchev–Trinajstić information content (AvgIpc) is 2.63. The van der Waals surface area contributed by atoms with Gasteiger partial charge in [0.25, 0.3) is 5.91 Å². The summed E-state index contributed by atoms with van der Waals surface area (Å²) in [5.74, 6) is -0.234. The molecule has 0 radical (unpaired) electrons. The van der Waals surface area contributed by atoms with Gasteiger partial charge in [-0.2, -0.15) is 0 Å². The highest BCUT2D eigenvalue weighted by atomic mass is 19.1.